The normalized spacial score (nSPS) is 17.6. The molecule has 16 heteroatoms. The molecular formula is C41H44N6O9S. The minimum atomic E-state index is -1.02. The number of anilines is 3. The lowest BCUT2D eigenvalue weighted by Gasteiger charge is -2.29. The van der Waals surface area contributed by atoms with Gasteiger partial charge < -0.3 is 29.2 Å². The Kier molecular flexibility index (Phi) is 12.9. The Morgan fingerprint density at radius 2 is 1.56 bits per heavy atom. The zero-order valence-corrected chi connectivity index (χ0v) is 32.8. The van der Waals surface area contributed by atoms with Gasteiger partial charge in [-0.25, -0.2) is 4.85 Å². The van der Waals surface area contributed by atoms with Crippen LogP contribution in [-0.2, 0) is 28.6 Å². The third-order valence-electron chi connectivity index (χ3n) is 9.80. The third-order valence-corrected chi connectivity index (χ3v) is 10.2. The minimum absolute atomic E-state index is 0.0584. The molecule has 2 N–H and O–H groups in total. The largest absolute Gasteiger partial charge is 0.494 e. The van der Waals surface area contributed by atoms with Crippen LogP contribution in [0, 0.1) is 13.5 Å². The van der Waals surface area contributed by atoms with Crippen LogP contribution in [0.25, 0.3) is 4.85 Å². The molecule has 3 heterocycles. The van der Waals surface area contributed by atoms with E-state index >= 15 is 0 Å². The van der Waals surface area contributed by atoms with Gasteiger partial charge in [0.15, 0.2) is 10.8 Å². The van der Waals surface area contributed by atoms with E-state index in [1.54, 1.807) is 30.3 Å². The van der Waals surface area contributed by atoms with Gasteiger partial charge in [0.05, 0.1) is 57.3 Å². The highest BCUT2D eigenvalue weighted by atomic mass is 32.1. The molecule has 2 saturated heterocycles. The molecule has 1 unspecified atom stereocenters. The van der Waals surface area contributed by atoms with Crippen molar-refractivity contribution in [2.75, 3.05) is 67.9 Å². The van der Waals surface area contributed by atoms with E-state index in [0.717, 1.165) is 16.2 Å². The number of hydrogen-bond acceptors (Lipinski definition) is 11. The number of nitrogens with zero attached hydrogens (tertiary/aromatic N) is 4. The summed E-state index contributed by atoms with van der Waals surface area (Å²) in [6, 6.07) is 16.6. The highest BCUT2D eigenvalue weighted by Gasteiger charge is 2.50. The predicted octanol–water partition coefficient (Wildman–Crippen LogP) is 4.79. The maximum absolute atomic E-state index is 13.5. The lowest BCUT2D eigenvalue weighted by molar-refractivity contribution is -0.136. The first-order chi connectivity index (χ1) is 27.4. The summed E-state index contributed by atoms with van der Waals surface area (Å²) in [6.07, 6.45) is 0.830. The molecule has 2 fully saturated rings. The van der Waals surface area contributed by atoms with Gasteiger partial charge in [0.1, 0.15) is 17.3 Å². The highest BCUT2D eigenvalue weighted by molar-refractivity contribution is 7.81. The van der Waals surface area contributed by atoms with E-state index in [0.29, 0.717) is 87.1 Å². The molecule has 3 aromatic rings. The molecule has 3 aliphatic rings. The molecule has 5 amide bonds. The Hall–Kier alpha value is -5.73. The van der Waals surface area contributed by atoms with Crippen molar-refractivity contribution in [3.63, 3.8) is 0 Å². The number of hydrogen-bond donors (Lipinski definition) is 2. The van der Waals surface area contributed by atoms with E-state index in [1.165, 1.54) is 4.90 Å². The number of ether oxygens (including phenoxy) is 4. The second-order valence-corrected chi connectivity index (χ2v) is 14.4. The molecule has 0 spiro atoms. The number of fused-ring (bicyclic) bond motifs is 1. The summed E-state index contributed by atoms with van der Waals surface area (Å²) < 4.78 is 22.8. The number of rotatable bonds is 18. The molecule has 57 heavy (non-hydrogen) atoms. The van der Waals surface area contributed by atoms with Crippen LogP contribution >= 0.6 is 12.2 Å². The molecule has 298 valence electrons. The Morgan fingerprint density at radius 1 is 0.877 bits per heavy atom. The Balaban J connectivity index is 0.824. The van der Waals surface area contributed by atoms with E-state index in [1.807, 2.05) is 56.0 Å². The van der Waals surface area contributed by atoms with E-state index in [-0.39, 0.29) is 29.9 Å². The molecule has 0 saturated carbocycles. The van der Waals surface area contributed by atoms with Crippen LogP contribution in [0.4, 0.5) is 22.7 Å². The van der Waals surface area contributed by atoms with Crippen molar-refractivity contribution >= 4 is 69.6 Å². The number of nitrogens with one attached hydrogen (secondary N) is 2. The third kappa shape index (κ3) is 8.82. The molecule has 0 aromatic heterocycles. The number of imide groups is 2. The summed E-state index contributed by atoms with van der Waals surface area (Å²) in [7, 11) is 0. The number of aryl methyl sites for hydroxylation is 1. The Morgan fingerprint density at radius 3 is 2.25 bits per heavy atom. The minimum Gasteiger partial charge on any atom is -0.494 e. The molecule has 1 atom stereocenters. The maximum Gasteiger partial charge on any atom is 0.264 e. The molecule has 0 bridgehead atoms. The van der Waals surface area contributed by atoms with Gasteiger partial charge in [-0.1, -0.05) is 12.1 Å². The van der Waals surface area contributed by atoms with Crippen molar-refractivity contribution in [1.29, 1.82) is 0 Å². The van der Waals surface area contributed by atoms with Crippen LogP contribution in [-0.4, -0.2) is 104 Å². The summed E-state index contributed by atoms with van der Waals surface area (Å²) in [4.78, 5) is 71.4. The molecule has 6 rings (SSSR count). The standard InChI is InChI=1S/C41H44N6O9S/c1-26-25-28(11-14-31(26)42-4)45-39(52)41(2,3)47(40(45)57)27-9-12-29(13-10-27)56-19-6-18-53-21-23-55-24-22-54-20-17-43-32-8-5-7-30-35(32)38(51)46(37(30)50)33-15-16-34(48)44-36(33)49/h5,7-14,25,33,43H,6,15-24H2,1-3H3,(H,44,48,49). The van der Waals surface area contributed by atoms with Crippen molar-refractivity contribution in [1.82, 2.24) is 10.2 Å². The fraction of sp³-hybridized carbons (Fsp3) is 0.390. The number of piperidine rings is 1. The second-order valence-electron chi connectivity index (χ2n) is 14.0. The van der Waals surface area contributed by atoms with Gasteiger partial charge in [0.25, 0.3) is 17.7 Å². The monoisotopic (exact) mass is 796 g/mol. The molecule has 3 aromatic carbocycles. The Labute approximate surface area is 336 Å². The molecule has 0 radical (unpaired) electrons. The van der Waals surface area contributed by atoms with Crippen LogP contribution in [0.15, 0.2) is 60.7 Å². The first kappa shape index (κ1) is 40.9. The van der Waals surface area contributed by atoms with Gasteiger partial charge in [-0.2, -0.15) is 0 Å². The first-order valence-electron chi connectivity index (χ1n) is 18.7. The average molecular weight is 797 g/mol. The molecule has 15 nitrogen and oxygen atoms in total. The zero-order chi connectivity index (χ0) is 40.7. The summed E-state index contributed by atoms with van der Waals surface area (Å²) in [5.41, 5.74) is 2.68. The van der Waals surface area contributed by atoms with Gasteiger partial charge in [-0.3, -0.25) is 39.1 Å². The van der Waals surface area contributed by atoms with Gasteiger partial charge in [0.2, 0.25) is 11.8 Å². The van der Waals surface area contributed by atoms with Crippen LogP contribution in [0.5, 0.6) is 5.75 Å². The maximum atomic E-state index is 13.5. The summed E-state index contributed by atoms with van der Waals surface area (Å²) in [5, 5.41) is 5.70. The SMILES string of the molecule is [C-]#[N+]c1ccc(N2C(=O)C(C)(C)N(c3ccc(OCCCOCCOCCOCCNc4cccc5c4C(=O)N(C4CCC(=O)NC4=O)C5=O)cc3)C2=S)cc1C. The van der Waals surface area contributed by atoms with Crippen molar-refractivity contribution < 1.29 is 42.9 Å². The summed E-state index contributed by atoms with van der Waals surface area (Å²) >= 11 is 5.79. The van der Waals surface area contributed by atoms with Gasteiger partial charge in [-0.15, -0.1) is 0 Å². The van der Waals surface area contributed by atoms with E-state index in [4.69, 9.17) is 37.7 Å². The number of thiocarbonyl (C=S) groups is 1. The number of benzene rings is 3. The van der Waals surface area contributed by atoms with Crippen LogP contribution in [0.1, 0.15) is 59.4 Å². The summed E-state index contributed by atoms with van der Waals surface area (Å²) in [6.45, 7) is 16.0. The van der Waals surface area contributed by atoms with Crippen LogP contribution < -0.4 is 25.2 Å². The summed E-state index contributed by atoms with van der Waals surface area (Å²) in [5.74, 6) is -1.66. The predicted molar refractivity (Wildman–Crippen MR) is 215 cm³/mol. The molecule has 0 aliphatic carbocycles. The first-order valence-corrected chi connectivity index (χ1v) is 19.1. The van der Waals surface area contributed by atoms with Crippen LogP contribution in [0.2, 0.25) is 0 Å². The van der Waals surface area contributed by atoms with Gasteiger partial charge in [-0.05, 0) is 93.5 Å². The number of amides is 5. The van der Waals surface area contributed by atoms with E-state index in [9.17, 15) is 24.0 Å². The highest BCUT2D eigenvalue weighted by Crippen LogP contribution is 2.38. The smallest absolute Gasteiger partial charge is 0.264 e. The van der Waals surface area contributed by atoms with Crippen molar-refractivity contribution in [2.24, 2.45) is 0 Å². The Bertz CT molecular complexity index is 2100. The number of carbonyl (C=O) groups is 5. The number of carbonyl (C=O) groups excluding carboxylic acids is 5. The van der Waals surface area contributed by atoms with Crippen LogP contribution in [0.3, 0.4) is 0 Å². The van der Waals surface area contributed by atoms with E-state index in [2.05, 4.69) is 15.5 Å². The fourth-order valence-corrected chi connectivity index (χ4v) is 7.39. The second kappa shape index (κ2) is 18.0. The van der Waals surface area contributed by atoms with Crippen molar-refractivity contribution in [3.05, 3.63) is 88.8 Å². The fourth-order valence-electron chi connectivity index (χ4n) is 6.86. The quantitative estimate of drug-likeness (QED) is 0.0786. The van der Waals surface area contributed by atoms with Crippen molar-refractivity contribution in [3.8, 4) is 5.75 Å². The van der Waals surface area contributed by atoms with Gasteiger partial charge in [0, 0.05) is 43.1 Å². The average Bonchev–Trinajstić information content (AvgIpc) is 3.54. The van der Waals surface area contributed by atoms with E-state index < -0.39 is 35.2 Å². The topological polar surface area (TPSA) is 160 Å². The van der Waals surface area contributed by atoms with Crippen molar-refractivity contribution in [2.45, 2.75) is 51.6 Å². The lowest BCUT2D eigenvalue weighted by Crippen LogP contribution is -2.54. The zero-order valence-electron chi connectivity index (χ0n) is 32.0. The van der Waals surface area contributed by atoms with Gasteiger partial charge >= 0.3 is 0 Å². The lowest BCUT2D eigenvalue weighted by atomic mass is 10.0. The molecule has 3 aliphatic heterocycles. The molecular weight excluding hydrogens is 753 g/mol.